The van der Waals surface area contributed by atoms with Gasteiger partial charge in [-0.15, -0.1) is 0 Å². The van der Waals surface area contributed by atoms with E-state index in [-0.39, 0.29) is 0 Å². The smallest absolute Gasteiger partial charge is 0.0875 e. The van der Waals surface area contributed by atoms with E-state index >= 15 is 0 Å². The lowest BCUT2D eigenvalue weighted by molar-refractivity contribution is -0.0809. The van der Waals surface area contributed by atoms with Crippen molar-refractivity contribution in [3.63, 3.8) is 0 Å². The van der Waals surface area contributed by atoms with Crippen molar-refractivity contribution in [3.8, 4) is 0 Å². The van der Waals surface area contributed by atoms with E-state index in [0.717, 1.165) is 32.4 Å². The average Bonchev–Trinajstić information content (AvgIpc) is 2.27. The third kappa shape index (κ3) is 3.56. The zero-order valence-electron chi connectivity index (χ0n) is 9.38. The molecule has 0 aromatic heterocycles. The minimum atomic E-state index is -0.614. The summed E-state index contributed by atoms with van der Waals surface area (Å²) in [6.45, 7) is 6.53. The van der Waals surface area contributed by atoms with E-state index < -0.39 is 5.60 Å². The maximum absolute atomic E-state index is 10.0. The van der Waals surface area contributed by atoms with E-state index in [4.69, 9.17) is 4.74 Å². The summed E-state index contributed by atoms with van der Waals surface area (Å²) in [6, 6.07) is 0. The molecular weight excluding hydrogens is 178 g/mol. The Bertz CT molecular complexity index is 151. The second kappa shape index (κ2) is 5.69. The van der Waals surface area contributed by atoms with Gasteiger partial charge in [-0.05, 0) is 32.2 Å². The SMILES string of the molecule is CCC(O)(CC)COC1CCCNC1. The summed E-state index contributed by atoms with van der Waals surface area (Å²) in [5, 5.41) is 13.3. The van der Waals surface area contributed by atoms with E-state index in [0.29, 0.717) is 12.7 Å². The molecule has 0 amide bonds. The Labute approximate surface area is 86.8 Å². The molecule has 1 rings (SSSR count). The van der Waals surface area contributed by atoms with Crippen LogP contribution in [0.2, 0.25) is 0 Å². The van der Waals surface area contributed by atoms with Crippen molar-refractivity contribution in [1.82, 2.24) is 5.32 Å². The summed E-state index contributed by atoms with van der Waals surface area (Å²) in [4.78, 5) is 0. The minimum absolute atomic E-state index is 0.299. The largest absolute Gasteiger partial charge is 0.388 e. The van der Waals surface area contributed by atoms with E-state index in [9.17, 15) is 5.11 Å². The molecular formula is C11H23NO2. The number of nitrogens with one attached hydrogen (secondary N) is 1. The lowest BCUT2D eigenvalue weighted by atomic mass is 9.99. The molecule has 0 spiro atoms. The van der Waals surface area contributed by atoms with Crippen LogP contribution in [-0.2, 0) is 4.74 Å². The Kier molecular flexibility index (Phi) is 4.85. The second-order valence-electron chi connectivity index (χ2n) is 4.21. The molecule has 3 heteroatoms. The third-order valence-corrected chi connectivity index (χ3v) is 3.16. The van der Waals surface area contributed by atoms with E-state index in [1.807, 2.05) is 13.8 Å². The maximum Gasteiger partial charge on any atom is 0.0875 e. The fraction of sp³-hybridized carbons (Fsp3) is 1.00. The van der Waals surface area contributed by atoms with E-state index in [1.54, 1.807) is 0 Å². The van der Waals surface area contributed by atoms with Crippen LogP contribution in [-0.4, -0.2) is 36.5 Å². The number of ether oxygens (including phenoxy) is 1. The molecule has 0 aliphatic carbocycles. The van der Waals surface area contributed by atoms with Gasteiger partial charge in [0.1, 0.15) is 0 Å². The highest BCUT2D eigenvalue weighted by atomic mass is 16.5. The van der Waals surface area contributed by atoms with Gasteiger partial charge in [0.2, 0.25) is 0 Å². The van der Waals surface area contributed by atoms with Gasteiger partial charge < -0.3 is 15.2 Å². The molecule has 0 bridgehead atoms. The number of hydrogen-bond donors (Lipinski definition) is 2. The van der Waals surface area contributed by atoms with Crippen LogP contribution in [0.4, 0.5) is 0 Å². The molecule has 1 aliphatic heterocycles. The summed E-state index contributed by atoms with van der Waals surface area (Å²) in [5.41, 5.74) is -0.614. The van der Waals surface area contributed by atoms with Crippen molar-refractivity contribution in [1.29, 1.82) is 0 Å². The fourth-order valence-electron chi connectivity index (χ4n) is 1.69. The van der Waals surface area contributed by atoms with Crippen molar-refractivity contribution in [2.45, 2.75) is 51.2 Å². The molecule has 1 unspecified atom stereocenters. The monoisotopic (exact) mass is 201 g/mol. The summed E-state index contributed by atoms with van der Waals surface area (Å²) in [7, 11) is 0. The molecule has 1 fully saturated rings. The number of rotatable bonds is 5. The Morgan fingerprint density at radius 2 is 2.14 bits per heavy atom. The summed E-state index contributed by atoms with van der Waals surface area (Å²) in [6.07, 6.45) is 4.14. The highest BCUT2D eigenvalue weighted by Crippen LogP contribution is 2.17. The van der Waals surface area contributed by atoms with Gasteiger partial charge in [-0.3, -0.25) is 0 Å². The first-order chi connectivity index (χ1) is 6.70. The van der Waals surface area contributed by atoms with E-state index in [2.05, 4.69) is 5.32 Å². The highest BCUT2D eigenvalue weighted by Gasteiger charge is 2.24. The summed E-state index contributed by atoms with van der Waals surface area (Å²) in [5.74, 6) is 0. The van der Waals surface area contributed by atoms with Crippen LogP contribution < -0.4 is 5.32 Å². The Morgan fingerprint density at radius 1 is 1.43 bits per heavy atom. The summed E-state index contributed by atoms with van der Waals surface area (Å²) >= 11 is 0. The molecule has 0 aromatic carbocycles. The standard InChI is InChI=1S/C11H23NO2/c1-3-11(13,4-2)9-14-10-6-5-7-12-8-10/h10,12-13H,3-9H2,1-2H3. The average molecular weight is 201 g/mol. The Balaban J connectivity index is 2.23. The lowest BCUT2D eigenvalue weighted by Crippen LogP contribution is -2.40. The van der Waals surface area contributed by atoms with Gasteiger partial charge >= 0.3 is 0 Å². The van der Waals surface area contributed by atoms with Gasteiger partial charge in [0.25, 0.3) is 0 Å². The molecule has 1 aliphatic rings. The van der Waals surface area contributed by atoms with Gasteiger partial charge in [-0.2, -0.15) is 0 Å². The first kappa shape index (κ1) is 12.0. The van der Waals surface area contributed by atoms with Crippen molar-refractivity contribution < 1.29 is 9.84 Å². The van der Waals surface area contributed by atoms with Crippen LogP contribution in [0.15, 0.2) is 0 Å². The van der Waals surface area contributed by atoms with Crippen LogP contribution in [0.3, 0.4) is 0 Å². The molecule has 2 N–H and O–H groups in total. The van der Waals surface area contributed by atoms with Crippen LogP contribution in [0.25, 0.3) is 0 Å². The minimum Gasteiger partial charge on any atom is -0.388 e. The zero-order chi connectivity index (χ0) is 10.4. The quantitative estimate of drug-likeness (QED) is 0.704. The third-order valence-electron chi connectivity index (χ3n) is 3.16. The lowest BCUT2D eigenvalue weighted by Gasteiger charge is -2.29. The molecule has 0 saturated carbocycles. The van der Waals surface area contributed by atoms with Gasteiger partial charge in [0.05, 0.1) is 18.3 Å². The number of piperidine rings is 1. The van der Waals surface area contributed by atoms with Gasteiger partial charge in [0.15, 0.2) is 0 Å². The molecule has 1 heterocycles. The molecule has 3 nitrogen and oxygen atoms in total. The van der Waals surface area contributed by atoms with Crippen LogP contribution in [0.1, 0.15) is 39.5 Å². The fourth-order valence-corrected chi connectivity index (χ4v) is 1.69. The van der Waals surface area contributed by atoms with Crippen LogP contribution in [0, 0.1) is 0 Å². The molecule has 1 atom stereocenters. The molecule has 0 radical (unpaired) electrons. The van der Waals surface area contributed by atoms with Crippen LogP contribution >= 0.6 is 0 Å². The maximum atomic E-state index is 10.0. The first-order valence-electron chi connectivity index (χ1n) is 5.75. The van der Waals surface area contributed by atoms with Crippen molar-refractivity contribution in [2.24, 2.45) is 0 Å². The Hall–Kier alpha value is -0.120. The van der Waals surface area contributed by atoms with E-state index in [1.165, 1.54) is 6.42 Å². The first-order valence-corrected chi connectivity index (χ1v) is 5.75. The van der Waals surface area contributed by atoms with Crippen molar-refractivity contribution in [2.75, 3.05) is 19.7 Å². The molecule has 0 aromatic rings. The predicted octanol–water partition coefficient (Wildman–Crippen LogP) is 1.31. The van der Waals surface area contributed by atoms with Crippen LogP contribution in [0.5, 0.6) is 0 Å². The van der Waals surface area contributed by atoms with Crippen molar-refractivity contribution in [3.05, 3.63) is 0 Å². The van der Waals surface area contributed by atoms with Gasteiger partial charge in [-0.1, -0.05) is 13.8 Å². The highest BCUT2D eigenvalue weighted by molar-refractivity contribution is 4.76. The van der Waals surface area contributed by atoms with Gasteiger partial charge in [-0.25, -0.2) is 0 Å². The van der Waals surface area contributed by atoms with Crippen molar-refractivity contribution >= 4 is 0 Å². The number of aliphatic hydroxyl groups is 1. The summed E-state index contributed by atoms with van der Waals surface area (Å²) < 4.78 is 5.72. The molecule has 1 saturated heterocycles. The molecule has 14 heavy (non-hydrogen) atoms. The molecule has 84 valence electrons. The topological polar surface area (TPSA) is 41.5 Å². The normalized spacial score (nSPS) is 23.8. The second-order valence-corrected chi connectivity index (χ2v) is 4.21. The predicted molar refractivity (Wildman–Crippen MR) is 57.4 cm³/mol. The number of hydrogen-bond acceptors (Lipinski definition) is 3. The Morgan fingerprint density at radius 3 is 2.64 bits per heavy atom. The zero-order valence-corrected chi connectivity index (χ0v) is 9.38. The van der Waals surface area contributed by atoms with Gasteiger partial charge in [0, 0.05) is 6.54 Å².